The first kappa shape index (κ1) is 18.1. The van der Waals surface area contributed by atoms with E-state index in [2.05, 4.69) is 39.8 Å². The highest BCUT2D eigenvalue weighted by atomic mass is 16.5. The molecule has 4 nitrogen and oxygen atoms in total. The molecule has 0 unspecified atom stereocenters. The summed E-state index contributed by atoms with van der Waals surface area (Å²) in [5, 5.41) is 1.64. The van der Waals surface area contributed by atoms with Crippen molar-refractivity contribution in [3.63, 3.8) is 0 Å². The molecular formula is C22H24O4. The number of hydrogen-bond acceptors (Lipinski definition) is 4. The van der Waals surface area contributed by atoms with E-state index in [4.69, 9.17) is 13.6 Å². The molecule has 3 aromatic rings. The molecule has 2 aromatic heterocycles. The minimum absolute atomic E-state index is 0.390. The van der Waals surface area contributed by atoms with E-state index in [1.54, 1.807) is 18.4 Å². The SMILES string of the molecule is CC(C)=C[C@@H](C)C/C(C)=C/COc1c2ccoc2cc2oc(=O)ccc12. The molecule has 1 aromatic carbocycles. The second-order valence-corrected chi connectivity index (χ2v) is 6.99. The Hall–Kier alpha value is -2.75. The van der Waals surface area contributed by atoms with Gasteiger partial charge in [0.05, 0.1) is 17.0 Å². The van der Waals surface area contributed by atoms with Crippen molar-refractivity contribution in [2.24, 2.45) is 5.92 Å². The van der Waals surface area contributed by atoms with E-state index >= 15 is 0 Å². The maximum Gasteiger partial charge on any atom is 0.336 e. The lowest BCUT2D eigenvalue weighted by Crippen LogP contribution is -2.00. The second kappa shape index (κ2) is 7.65. The molecule has 0 aliphatic heterocycles. The first-order valence-electron chi connectivity index (χ1n) is 8.81. The average molecular weight is 352 g/mol. The van der Waals surface area contributed by atoms with Gasteiger partial charge in [-0.3, -0.25) is 0 Å². The highest BCUT2D eigenvalue weighted by molar-refractivity contribution is 6.01. The number of hydrogen-bond donors (Lipinski definition) is 0. The Morgan fingerprint density at radius 1 is 1.15 bits per heavy atom. The van der Waals surface area contributed by atoms with Crippen molar-refractivity contribution < 1.29 is 13.6 Å². The van der Waals surface area contributed by atoms with Crippen molar-refractivity contribution in [2.45, 2.75) is 34.1 Å². The van der Waals surface area contributed by atoms with Gasteiger partial charge in [-0.15, -0.1) is 0 Å². The Kier molecular flexibility index (Phi) is 5.31. The van der Waals surface area contributed by atoms with Crippen molar-refractivity contribution in [3.05, 3.63) is 64.2 Å². The monoisotopic (exact) mass is 352 g/mol. The van der Waals surface area contributed by atoms with Gasteiger partial charge in [-0.25, -0.2) is 4.79 Å². The molecule has 0 fully saturated rings. The number of rotatable bonds is 6. The molecule has 0 aliphatic rings. The summed E-state index contributed by atoms with van der Waals surface area (Å²) < 4.78 is 16.8. The smallest absolute Gasteiger partial charge is 0.336 e. The Morgan fingerprint density at radius 2 is 1.92 bits per heavy atom. The quantitative estimate of drug-likeness (QED) is 0.412. The predicted octanol–water partition coefficient (Wildman–Crippen LogP) is 5.86. The molecule has 0 radical (unpaired) electrons. The van der Waals surface area contributed by atoms with Crippen LogP contribution in [0.3, 0.4) is 0 Å². The van der Waals surface area contributed by atoms with Crippen molar-refractivity contribution in [2.75, 3.05) is 6.61 Å². The van der Waals surface area contributed by atoms with Gasteiger partial charge in [-0.05, 0) is 51.3 Å². The summed E-state index contributed by atoms with van der Waals surface area (Å²) in [5.74, 6) is 1.18. The molecule has 3 rings (SSSR count). The van der Waals surface area contributed by atoms with Gasteiger partial charge in [-0.1, -0.05) is 24.1 Å². The topological polar surface area (TPSA) is 52.6 Å². The maximum absolute atomic E-state index is 11.5. The minimum atomic E-state index is -0.390. The minimum Gasteiger partial charge on any atom is -0.488 e. The summed E-state index contributed by atoms with van der Waals surface area (Å²) in [6.07, 6.45) is 6.98. The lowest BCUT2D eigenvalue weighted by molar-refractivity contribution is 0.369. The van der Waals surface area contributed by atoms with Gasteiger partial charge in [-0.2, -0.15) is 0 Å². The fourth-order valence-corrected chi connectivity index (χ4v) is 3.25. The van der Waals surface area contributed by atoms with Crippen LogP contribution in [0.15, 0.2) is 67.5 Å². The van der Waals surface area contributed by atoms with Gasteiger partial charge in [0.2, 0.25) is 0 Å². The molecular weight excluding hydrogens is 328 g/mol. The van der Waals surface area contributed by atoms with Crippen LogP contribution in [0.5, 0.6) is 5.75 Å². The molecule has 0 saturated heterocycles. The van der Waals surface area contributed by atoms with E-state index in [9.17, 15) is 4.79 Å². The normalized spacial score (nSPS) is 13.2. The largest absolute Gasteiger partial charge is 0.488 e. The molecule has 2 heterocycles. The summed E-state index contributed by atoms with van der Waals surface area (Å²) in [4.78, 5) is 11.5. The Balaban J connectivity index is 1.83. The van der Waals surface area contributed by atoms with Gasteiger partial charge >= 0.3 is 5.63 Å². The summed E-state index contributed by atoms with van der Waals surface area (Å²) in [5.41, 5.74) is 3.33. The Bertz CT molecular complexity index is 1030. The first-order valence-corrected chi connectivity index (χ1v) is 8.81. The van der Waals surface area contributed by atoms with Crippen molar-refractivity contribution in [3.8, 4) is 5.75 Å². The third-order valence-electron chi connectivity index (χ3n) is 4.23. The third-order valence-corrected chi connectivity index (χ3v) is 4.23. The fourth-order valence-electron chi connectivity index (χ4n) is 3.25. The summed E-state index contributed by atoms with van der Waals surface area (Å²) in [6.45, 7) is 9.02. The van der Waals surface area contributed by atoms with E-state index in [1.165, 1.54) is 17.2 Å². The highest BCUT2D eigenvalue weighted by Crippen LogP contribution is 2.35. The van der Waals surface area contributed by atoms with Gasteiger partial charge < -0.3 is 13.6 Å². The van der Waals surface area contributed by atoms with Crippen LogP contribution in [-0.2, 0) is 0 Å². The van der Waals surface area contributed by atoms with Crippen molar-refractivity contribution in [1.82, 2.24) is 0 Å². The summed E-state index contributed by atoms with van der Waals surface area (Å²) in [6, 6.07) is 6.73. The van der Waals surface area contributed by atoms with E-state index in [0.717, 1.165) is 17.2 Å². The van der Waals surface area contributed by atoms with E-state index in [-0.39, 0.29) is 0 Å². The number of allylic oxidation sites excluding steroid dienone is 3. The van der Waals surface area contributed by atoms with Crippen LogP contribution in [0, 0.1) is 5.92 Å². The summed E-state index contributed by atoms with van der Waals surface area (Å²) >= 11 is 0. The van der Waals surface area contributed by atoms with Crippen molar-refractivity contribution >= 4 is 21.9 Å². The molecule has 0 aliphatic carbocycles. The van der Waals surface area contributed by atoms with Crippen LogP contribution < -0.4 is 10.4 Å². The van der Waals surface area contributed by atoms with Crippen LogP contribution in [0.25, 0.3) is 21.9 Å². The van der Waals surface area contributed by atoms with Crippen LogP contribution in [0.4, 0.5) is 0 Å². The fraction of sp³-hybridized carbons (Fsp3) is 0.318. The maximum atomic E-state index is 11.5. The first-order chi connectivity index (χ1) is 12.4. The average Bonchev–Trinajstić information content (AvgIpc) is 3.01. The van der Waals surface area contributed by atoms with Crippen LogP contribution in [0.1, 0.15) is 34.1 Å². The van der Waals surface area contributed by atoms with Crippen molar-refractivity contribution in [1.29, 1.82) is 0 Å². The zero-order valence-electron chi connectivity index (χ0n) is 15.7. The molecule has 0 spiro atoms. The molecule has 0 N–H and O–H groups in total. The van der Waals surface area contributed by atoms with Gasteiger partial charge in [0.25, 0.3) is 0 Å². The molecule has 26 heavy (non-hydrogen) atoms. The molecule has 0 bridgehead atoms. The van der Waals surface area contributed by atoms with E-state index in [1.807, 2.05) is 6.07 Å². The number of furan rings is 1. The predicted molar refractivity (Wildman–Crippen MR) is 105 cm³/mol. The van der Waals surface area contributed by atoms with Gasteiger partial charge in [0, 0.05) is 12.1 Å². The Labute approximate surface area is 152 Å². The standard InChI is InChI=1S/C22H24O4/c1-14(2)11-16(4)12-15(3)7-9-25-22-17-5-6-21(23)26-20(17)13-19-18(22)8-10-24-19/h5-8,10-11,13,16H,9,12H2,1-4H3/b15-7+/t16-/m1/s1. The van der Waals surface area contributed by atoms with E-state index in [0.29, 0.717) is 29.4 Å². The van der Waals surface area contributed by atoms with Gasteiger partial charge in [0.15, 0.2) is 0 Å². The van der Waals surface area contributed by atoms with Crippen LogP contribution >= 0.6 is 0 Å². The highest BCUT2D eigenvalue weighted by Gasteiger charge is 2.13. The van der Waals surface area contributed by atoms with E-state index < -0.39 is 5.63 Å². The van der Waals surface area contributed by atoms with Crippen LogP contribution in [-0.4, -0.2) is 6.61 Å². The third kappa shape index (κ3) is 4.07. The zero-order valence-corrected chi connectivity index (χ0v) is 15.7. The molecule has 0 saturated carbocycles. The molecule has 0 amide bonds. The van der Waals surface area contributed by atoms with Gasteiger partial charge in [0.1, 0.15) is 23.5 Å². The second-order valence-electron chi connectivity index (χ2n) is 6.99. The lowest BCUT2D eigenvalue weighted by atomic mass is 10.00. The zero-order chi connectivity index (χ0) is 18.7. The molecule has 4 heteroatoms. The molecule has 1 atom stereocenters. The summed E-state index contributed by atoms with van der Waals surface area (Å²) in [7, 11) is 0. The van der Waals surface area contributed by atoms with Crippen LogP contribution in [0.2, 0.25) is 0 Å². The number of fused-ring (bicyclic) bond motifs is 2. The lowest BCUT2D eigenvalue weighted by Gasteiger charge is -2.10. The Morgan fingerprint density at radius 3 is 2.69 bits per heavy atom. The number of benzene rings is 1. The molecule has 136 valence electrons. The number of ether oxygens (including phenoxy) is 1.